The van der Waals surface area contributed by atoms with E-state index in [2.05, 4.69) is 11.9 Å². The van der Waals surface area contributed by atoms with E-state index in [9.17, 15) is 4.79 Å². The first-order chi connectivity index (χ1) is 8.02. The molecule has 0 aromatic heterocycles. The van der Waals surface area contributed by atoms with Crippen molar-refractivity contribution in [1.29, 1.82) is 0 Å². The van der Waals surface area contributed by atoms with E-state index >= 15 is 0 Å². The van der Waals surface area contributed by atoms with Gasteiger partial charge in [0.2, 0.25) is 5.91 Å². The molecule has 17 heavy (non-hydrogen) atoms. The summed E-state index contributed by atoms with van der Waals surface area (Å²) in [6, 6.07) is 9.38. The molecule has 0 heterocycles. The maximum atomic E-state index is 11.8. The first kappa shape index (κ1) is 13.5. The second-order valence-corrected chi connectivity index (χ2v) is 4.40. The molecule has 2 atom stereocenters. The largest absolute Gasteiger partial charge is 0.352 e. The van der Waals surface area contributed by atoms with E-state index < -0.39 is 0 Å². The summed E-state index contributed by atoms with van der Waals surface area (Å²) in [4.78, 5) is 11.8. The first-order valence-corrected chi connectivity index (χ1v) is 5.75. The van der Waals surface area contributed by atoms with Crippen molar-refractivity contribution in [2.45, 2.75) is 19.9 Å². The van der Waals surface area contributed by atoms with E-state index in [0.717, 1.165) is 11.1 Å². The average Bonchev–Trinajstić information content (AvgIpc) is 2.35. The van der Waals surface area contributed by atoms with Crippen molar-refractivity contribution in [3.63, 3.8) is 0 Å². The highest BCUT2D eigenvalue weighted by Gasteiger charge is 2.21. The molecule has 0 radical (unpaired) electrons. The van der Waals surface area contributed by atoms with Gasteiger partial charge >= 0.3 is 0 Å². The van der Waals surface area contributed by atoms with Crippen LogP contribution in [0.25, 0.3) is 0 Å². The van der Waals surface area contributed by atoms with Crippen LogP contribution in [0, 0.1) is 5.92 Å². The molecule has 0 spiro atoms. The average molecular weight is 232 g/mol. The topological polar surface area (TPSA) is 55.1 Å². The zero-order chi connectivity index (χ0) is 12.8. The summed E-state index contributed by atoms with van der Waals surface area (Å²) in [6.07, 6.45) is 0. The van der Waals surface area contributed by atoms with Crippen LogP contribution in [0.15, 0.2) is 42.5 Å². The predicted octanol–water partition coefficient (Wildman–Crippen LogP) is 2.01. The summed E-state index contributed by atoms with van der Waals surface area (Å²) in [5.41, 5.74) is 7.97. The molecule has 0 fully saturated rings. The van der Waals surface area contributed by atoms with Crippen LogP contribution >= 0.6 is 0 Å². The highest BCUT2D eigenvalue weighted by Crippen LogP contribution is 2.18. The van der Waals surface area contributed by atoms with Crippen LogP contribution in [0.3, 0.4) is 0 Å². The highest BCUT2D eigenvalue weighted by atomic mass is 16.1. The van der Waals surface area contributed by atoms with Gasteiger partial charge in [0.1, 0.15) is 0 Å². The van der Waals surface area contributed by atoms with Crippen molar-refractivity contribution >= 4 is 5.91 Å². The third-order valence-electron chi connectivity index (χ3n) is 2.70. The van der Waals surface area contributed by atoms with E-state index in [-0.39, 0.29) is 17.9 Å². The highest BCUT2D eigenvalue weighted by molar-refractivity contribution is 5.79. The number of amides is 1. The Kier molecular flexibility index (Phi) is 4.91. The normalized spacial score (nSPS) is 13.8. The smallest absolute Gasteiger partial charge is 0.225 e. The van der Waals surface area contributed by atoms with Crippen LogP contribution < -0.4 is 11.1 Å². The molecule has 0 saturated heterocycles. The van der Waals surface area contributed by atoms with Crippen LogP contribution in [-0.2, 0) is 4.79 Å². The van der Waals surface area contributed by atoms with Crippen LogP contribution in [0.1, 0.15) is 25.5 Å². The Balaban J connectivity index is 2.60. The quantitative estimate of drug-likeness (QED) is 0.763. The molecule has 0 saturated carbocycles. The molecule has 2 unspecified atom stereocenters. The van der Waals surface area contributed by atoms with Crippen molar-refractivity contribution < 1.29 is 4.79 Å². The first-order valence-electron chi connectivity index (χ1n) is 5.75. The lowest BCUT2D eigenvalue weighted by molar-refractivity contribution is -0.124. The molecule has 1 aromatic carbocycles. The minimum absolute atomic E-state index is 0.0376. The Morgan fingerprint density at radius 1 is 1.41 bits per heavy atom. The Labute approximate surface area is 103 Å². The van der Waals surface area contributed by atoms with Crippen LogP contribution in [0.5, 0.6) is 0 Å². The maximum Gasteiger partial charge on any atom is 0.225 e. The summed E-state index contributed by atoms with van der Waals surface area (Å²) in [7, 11) is 0. The van der Waals surface area contributed by atoms with Crippen molar-refractivity contribution in [3.8, 4) is 0 Å². The lowest BCUT2D eigenvalue weighted by Gasteiger charge is -2.19. The molecule has 0 bridgehead atoms. The molecule has 1 amide bonds. The van der Waals surface area contributed by atoms with Crippen molar-refractivity contribution in [3.05, 3.63) is 48.0 Å². The molecule has 1 rings (SSSR count). The van der Waals surface area contributed by atoms with Gasteiger partial charge < -0.3 is 11.1 Å². The molecule has 3 N–H and O–H groups in total. The molecule has 3 nitrogen and oxygen atoms in total. The minimum Gasteiger partial charge on any atom is -0.352 e. The SMILES string of the molecule is C=C(C)CNC(=O)C(C)C(N)c1ccccc1. The third-order valence-corrected chi connectivity index (χ3v) is 2.70. The second kappa shape index (κ2) is 6.21. The van der Waals surface area contributed by atoms with E-state index in [0.29, 0.717) is 6.54 Å². The number of nitrogens with two attached hydrogens (primary N) is 1. The number of benzene rings is 1. The van der Waals surface area contributed by atoms with Crippen LogP contribution in [0.4, 0.5) is 0 Å². The molecule has 3 heteroatoms. The molecule has 92 valence electrons. The van der Waals surface area contributed by atoms with Gasteiger partial charge in [0.15, 0.2) is 0 Å². The molecular formula is C14H20N2O. The van der Waals surface area contributed by atoms with Gasteiger partial charge in [-0.2, -0.15) is 0 Å². The number of hydrogen-bond donors (Lipinski definition) is 2. The van der Waals surface area contributed by atoms with Gasteiger partial charge in [0.05, 0.1) is 5.92 Å². The Bertz CT molecular complexity index is 386. The number of rotatable bonds is 5. The van der Waals surface area contributed by atoms with Gasteiger partial charge in [0, 0.05) is 12.6 Å². The lowest BCUT2D eigenvalue weighted by Crippen LogP contribution is -2.36. The molecule has 0 aliphatic rings. The predicted molar refractivity (Wildman–Crippen MR) is 70.4 cm³/mol. The molecule has 0 aliphatic heterocycles. The van der Waals surface area contributed by atoms with E-state index in [4.69, 9.17) is 5.73 Å². The van der Waals surface area contributed by atoms with Gasteiger partial charge in [-0.1, -0.05) is 49.4 Å². The van der Waals surface area contributed by atoms with E-state index in [1.165, 1.54) is 0 Å². The molecule has 1 aromatic rings. The molecular weight excluding hydrogens is 212 g/mol. The summed E-state index contributed by atoms with van der Waals surface area (Å²) in [5, 5.41) is 2.81. The van der Waals surface area contributed by atoms with Crippen LogP contribution in [-0.4, -0.2) is 12.5 Å². The van der Waals surface area contributed by atoms with E-state index in [1.807, 2.05) is 44.2 Å². The Hall–Kier alpha value is -1.61. The van der Waals surface area contributed by atoms with Gasteiger partial charge in [-0.05, 0) is 12.5 Å². The summed E-state index contributed by atoms with van der Waals surface area (Å²) in [6.45, 7) is 7.96. The fourth-order valence-electron chi connectivity index (χ4n) is 1.53. The third kappa shape index (κ3) is 4.04. The summed E-state index contributed by atoms with van der Waals surface area (Å²) >= 11 is 0. The molecule has 0 aliphatic carbocycles. The van der Waals surface area contributed by atoms with Gasteiger partial charge in [-0.3, -0.25) is 4.79 Å². The lowest BCUT2D eigenvalue weighted by atomic mass is 9.94. The second-order valence-electron chi connectivity index (χ2n) is 4.40. The Morgan fingerprint density at radius 3 is 2.53 bits per heavy atom. The van der Waals surface area contributed by atoms with Crippen molar-refractivity contribution in [2.24, 2.45) is 11.7 Å². The van der Waals surface area contributed by atoms with Crippen molar-refractivity contribution in [1.82, 2.24) is 5.32 Å². The number of nitrogens with one attached hydrogen (secondary N) is 1. The number of hydrogen-bond acceptors (Lipinski definition) is 2. The Morgan fingerprint density at radius 2 is 2.00 bits per heavy atom. The number of carbonyl (C=O) groups is 1. The minimum atomic E-state index is -0.277. The zero-order valence-corrected chi connectivity index (χ0v) is 10.4. The van der Waals surface area contributed by atoms with Gasteiger partial charge in [-0.15, -0.1) is 0 Å². The monoisotopic (exact) mass is 232 g/mol. The summed E-state index contributed by atoms with van der Waals surface area (Å²) < 4.78 is 0. The van der Waals surface area contributed by atoms with Crippen LogP contribution in [0.2, 0.25) is 0 Å². The number of carbonyl (C=O) groups excluding carboxylic acids is 1. The maximum absolute atomic E-state index is 11.8. The van der Waals surface area contributed by atoms with Gasteiger partial charge in [0.25, 0.3) is 0 Å². The fourth-order valence-corrected chi connectivity index (χ4v) is 1.53. The fraction of sp³-hybridized carbons (Fsp3) is 0.357. The van der Waals surface area contributed by atoms with E-state index in [1.54, 1.807) is 0 Å². The summed E-state index contributed by atoms with van der Waals surface area (Å²) in [5.74, 6) is -0.291. The van der Waals surface area contributed by atoms with Gasteiger partial charge in [-0.25, -0.2) is 0 Å². The van der Waals surface area contributed by atoms with Crippen molar-refractivity contribution in [2.75, 3.05) is 6.54 Å². The standard InChI is InChI=1S/C14H20N2O/c1-10(2)9-16-14(17)11(3)13(15)12-7-5-4-6-8-12/h4-8,11,13H,1,9,15H2,2-3H3,(H,16,17). The zero-order valence-electron chi connectivity index (χ0n) is 10.4.